The molecule has 0 spiro atoms. The quantitative estimate of drug-likeness (QED) is 0.776. The summed E-state index contributed by atoms with van der Waals surface area (Å²) in [6, 6.07) is 0. The largest absolute Gasteiger partial charge is 0.480 e. The maximum absolute atomic E-state index is 12.0. The number of nitrogens with one attached hydrogen (secondary N) is 1. The molecule has 1 aliphatic carbocycles. The van der Waals surface area contributed by atoms with E-state index in [1.807, 2.05) is 0 Å². The van der Waals surface area contributed by atoms with Gasteiger partial charge in [-0.25, -0.2) is 9.59 Å². The molecule has 122 valence electrons. The molecule has 0 radical (unpaired) electrons. The molecule has 1 fully saturated rings. The summed E-state index contributed by atoms with van der Waals surface area (Å²) in [5, 5.41) is 12.2. The number of alkyl carbamates (subject to hydrolysis) is 1. The van der Waals surface area contributed by atoms with Crippen LogP contribution in [0.15, 0.2) is 0 Å². The molecule has 2 atom stereocenters. The van der Waals surface area contributed by atoms with Crippen LogP contribution in [0, 0.1) is 5.92 Å². The second-order valence-corrected chi connectivity index (χ2v) is 7.10. The Kier molecular flexibility index (Phi) is 6.05. The highest BCUT2D eigenvalue weighted by atomic mass is 16.6. The number of aliphatic carboxylic acids is 1. The lowest BCUT2D eigenvalue weighted by molar-refractivity contribution is -0.145. The van der Waals surface area contributed by atoms with Crippen LogP contribution < -0.4 is 5.32 Å². The molecule has 21 heavy (non-hydrogen) atoms. The lowest BCUT2D eigenvalue weighted by Gasteiger charge is -2.31. The molecule has 0 saturated heterocycles. The van der Waals surface area contributed by atoms with E-state index in [0.29, 0.717) is 18.8 Å². The van der Waals surface area contributed by atoms with Gasteiger partial charge in [0.2, 0.25) is 0 Å². The topological polar surface area (TPSA) is 75.6 Å². The van der Waals surface area contributed by atoms with Crippen molar-refractivity contribution < 1.29 is 19.4 Å². The predicted octanol–water partition coefficient (Wildman–Crippen LogP) is 3.71. The second kappa shape index (κ2) is 7.14. The Labute approximate surface area is 127 Å². The number of hydrogen-bond donors (Lipinski definition) is 2. The van der Waals surface area contributed by atoms with Crippen molar-refractivity contribution >= 4 is 12.1 Å². The Bertz CT molecular complexity index is 375. The first-order valence-electron chi connectivity index (χ1n) is 7.93. The molecule has 1 rings (SSSR count). The maximum Gasteiger partial charge on any atom is 0.408 e. The summed E-state index contributed by atoms with van der Waals surface area (Å²) in [5.74, 6) is -0.387. The van der Waals surface area contributed by atoms with Crippen LogP contribution in [0.2, 0.25) is 0 Å². The smallest absolute Gasteiger partial charge is 0.408 e. The van der Waals surface area contributed by atoms with E-state index in [0.717, 1.165) is 32.1 Å². The molecular weight excluding hydrogens is 270 g/mol. The summed E-state index contributed by atoms with van der Waals surface area (Å²) in [6.45, 7) is 7.45. The standard InChI is InChI=1S/C16H29NO4/c1-5-7-12-8-6-10-16(11-9-12,13(18)19)17-14(20)21-15(2,3)4/h12H,5-11H2,1-4H3,(H,17,20)(H,18,19). The van der Waals surface area contributed by atoms with Gasteiger partial charge in [0.15, 0.2) is 0 Å². The number of amides is 1. The Morgan fingerprint density at radius 3 is 2.48 bits per heavy atom. The first-order chi connectivity index (χ1) is 9.68. The zero-order valence-electron chi connectivity index (χ0n) is 13.7. The summed E-state index contributed by atoms with van der Waals surface area (Å²) in [4.78, 5) is 23.7. The summed E-state index contributed by atoms with van der Waals surface area (Å²) in [6.07, 6.45) is 5.26. The Morgan fingerprint density at radius 2 is 1.95 bits per heavy atom. The van der Waals surface area contributed by atoms with Gasteiger partial charge in [0.25, 0.3) is 0 Å². The minimum absolute atomic E-state index is 0.474. The summed E-state index contributed by atoms with van der Waals surface area (Å²) in [5.41, 5.74) is -1.80. The zero-order chi connectivity index (χ0) is 16.1. The van der Waals surface area contributed by atoms with Gasteiger partial charge in [-0.05, 0) is 46.0 Å². The molecule has 0 aromatic rings. The monoisotopic (exact) mass is 299 g/mol. The van der Waals surface area contributed by atoms with Gasteiger partial charge in [-0.1, -0.05) is 32.6 Å². The van der Waals surface area contributed by atoms with Crippen molar-refractivity contribution in [3.8, 4) is 0 Å². The fraction of sp³-hybridized carbons (Fsp3) is 0.875. The molecule has 0 aromatic heterocycles. The van der Waals surface area contributed by atoms with Crippen LogP contribution in [0.25, 0.3) is 0 Å². The van der Waals surface area contributed by atoms with Crippen LogP contribution in [0.1, 0.15) is 72.6 Å². The fourth-order valence-corrected chi connectivity index (χ4v) is 3.00. The van der Waals surface area contributed by atoms with Crippen LogP contribution in [-0.2, 0) is 9.53 Å². The van der Waals surface area contributed by atoms with Gasteiger partial charge in [0, 0.05) is 0 Å². The molecule has 0 bridgehead atoms. The molecule has 5 nitrogen and oxygen atoms in total. The van der Waals surface area contributed by atoms with E-state index in [-0.39, 0.29) is 0 Å². The number of carbonyl (C=O) groups is 2. The minimum atomic E-state index is -1.18. The highest BCUT2D eigenvalue weighted by molar-refractivity contribution is 5.84. The van der Waals surface area contributed by atoms with Crippen LogP contribution in [0.3, 0.4) is 0 Å². The SMILES string of the molecule is CCCC1CCCC(NC(=O)OC(C)(C)C)(C(=O)O)CC1. The number of carbonyl (C=O) groups excluding carboxylic acids is 1. The molecule has 1 saturated carbocycles. The van der Waals surface area contributed by atoms with Crippen LogP contribution in [-0.4, -0.2) is 28.3 Å². The van der Waals surface area contributed by atoms with Crippen molar-refractivity contribution in [3.63, 3.8) is 0 Å². The molecule has 0 aromatic carbocycles. The average molecular weight is 299 g/mol. The lowest BCUT2D eigenvalue weighted by Crippen LogP contribution is -2.55. The third-order valence-electron chi connectivity index (χ3n) is 4.04. The number of carboxylic acids is 1. The van der Waals surface area contributed by atoms with E-state index in [1.54, 1.807) is 20.8 Å². The summed E-state index contributed by atoms with van der Waals surface area (Å²) < 4.78 is 5.22. The van der Waals surface area contributed by atoms with Crippen molar-refractivity contribution in [2.45, 2.75) is 83.8 Å². The molecule has 1 aliphatic rings. The first kappa shape index (κ1) is 17.8. The summed E-state index contributed by atoms with van der Waals surface area (Å²) >= 11 is 0. The third-order valence-corrected chi connectivity index (χ3v) is 4.04. The van der Waals surface area contributed by atoms with E-state index in [1.165, 1.54) is 0 Å². The number of rotatable bonds is 4. The van der Waals surface area contributed by atoms with Gasteiger partial charge in [0.05, 0.1) is 0 Å². The Hall–Kier alpha value is -1.26. The highest BCUT2D eigenvalue weighted by Gasteiger charge is 2.42. The average Bonchev–Trinajstić information content (AvgIpc) is 2.51. The normalized spacial score (nSPS) is 26.8. The maximum atomic E-state index is 12.0. The molecule has 5 heteroatoms. The van der Waals surface area contributed by atoms with Crippen molar-refractivity contribution in [1.29, 1.82) is 0 Å². The lowest BCUT2D eigenvalue weighted by atomic mass is 9.89. The highest BCUT2D eigenvalue weighted by Crippen LogP contribution is 2.33. The number of ether oxygens (including phenoxy) is 1. The van der Waals surface area contributed by atoms with E-state index < -0.39 is 23.2 Å². The number of hydrogen-bond acceptors (Lipinski definition) is 3. The first-order valence-corrected chi connectivity index (χ1v) is 7.93. The minimum Gasteiger partial charge on any atom is -0.480 e. The second-order valence-electron chi connectivity index (χ2n) is 7.10. The Balaban J connectivity index is 2.75. The molecular formula is C16H29NO4. The van der Waals surface area contributed by atoms with Crippen molar-refractivity contribution in [3.05, 3.63) is 0 Å². The fourth-order valence-electron chi connectivity index (χ4n) is 3.00. The van der Waals surface area contributed by atoms with Crippen molar-refractivity contribution in [2.24, 2.45) is 5.92 Å². The van der Waals surface area contributed by atoms with Crippen LogP contribution in [0.4, 0.5) is 4.79 Å². The summed E-state index contributed by atoms with van der Waals surface area (Å²) in [7, 11) is 0. The van der Waals surface area contributed by atoms with Gasteiger partial charge >= 0.3 is 12.1 Å². The molecule has 2 N–H and O–H groups in total. The van der Waals surface area contributed by atoms with E-state index in [4.69, 9.17) is 4.74 Å². The third kappa shape index (κ3) is 5.56. The van der Waals surface area contributed by atoms with Crippen molar-refractivity contribution in [1.82, 2.24) is 5.32 Å². The van der Waals surface area contributed by atoms with Crippen molar-refractivity contribution in [2.75, 3.05) is 0 Å². The number of carboxylic acid groups (broad SMARTS) is 1. The van der Waals surface area contributed by atoms with Crippen LogP contribution >= 0.6 is 0 Å². The zero-order valence-corrected chi connectivity index (χ0v) is 13.7. The molecule has 0 aliphatic heterocycles. The Morgan fingerprint density at radius 1 is 1.29 bits per heavy atom. The van der Waals surface area contributed by atoms with E-state index in [2.05, 4.69) is 12.2 Å². The van der Waals surface area contributed by atoms with Gasteiger partial charge in [-0.3, -0.25) is 0 Å². The van der Waals surface area contributed by atoms with Gasteiger partial charge in [0.1, 0.15) is 11.1 Å². The van der Waals surface area contributed by atoms with E-state index >= 15 is 0 Å². The molecule has 2 unspecified atom stereocenters. The van der Waals surface area contributed by atoms with E-state index in [9.17, 15) is 14.7 Å². The molecule has 1 amide bonds. The van der Waals surface area contributed by atoms with Gasteiger partial charge in [-0.2, -0.15) is 0 Å². The predicted molar refractivity (Wildman–Crippen MR) is 81.2 cm³/mol. The molecule has 0 heterocycles. The van der Waals surface area contributed by atoms with Gasteiger partial charge < -0.3 is 15.2 Å². The van der Waals surface area contributed by atoms with Crippen LogP contribution in [0.5, 0.6) is 0 Å². The van der Waals surface area contributed by atoms with Gasteiger partial charge in [-0.15, -0.1) is 0 Å².